The van der Waals surface area contributed by atoms with Crippen LogP contribution in [-0.2, 0) is 5.60 Å². The normalized spacial score (nSPS) is 11.7. The molecule has 0 saturated heterocycles. The summed E-state index contributed by atoms with van der Waals surface area (Å²) < 4.78 is 74.0. The van der Waals surface area contributed by atoms with Crippen molar-refractivity contribution in [1.29, 1.82) is 5.26 Å². The van der Waals surface area contributed by atoms with Gasteiger partial charge < -0.3 is 5.11 Å². The molecule has 2 aromatic heterocycles. The van der Waals surface area contributed by atoms with Crippen LogP contribution in [0.1, 0.15) is 25.0 Å². The van der Waals surface area contributed by atoms with E-state index in [1.165, 1.54) is 13.8 Å². The van der Waals surface area contributed by atoms with Crippen LogP contribution in [0.2, 0.25) is 0 Å². The summed E-state index contributed by atoms with van der Waals surface area (Å²) in [5, 5.41) is 19.3. The maximum absolute atomic E-state index is 15.5. The molecule has 0 amide bonds. The minimum atomic E-state index is -1.70. The number of fused-ring (bicyclic) bond motifs is 1. The molecular formula is C23H14F5N3O. The van der Waals surface area contributed by atoms with Crippen molar-refractivity contribution in [2.24, 2.45) is 0 Å². The zero-order valence-corrected chi connectivity index (χ0v) is 16.7. The van der Waals surface area contributed by atoms with E-state index in [0.29, 0.717) is 4.40 Å². The molecule has 1 N–H and O–H groups in total. The SMILES string of the molecule is CC(C)(O)c1cc(F)n2c(-c3ccc(F)c(-c4ccc(F)cc4C#N)c3F)cnc2c1F. The molecule has 0 atom stereocenters. The fourth-order valence-electron chi connectivity index (χ4n) is 3.55. The second-order valence-corrected chi connectivity index (χ2v) is 7.64. The number of rotatable bonds is 3. The van der Waals surface area contributed by atoms with Crippen LogP contribution in [0.25, 0.3) is 28.0 Å². The number of pyridine rings is 1. The maximum Gasteiger partial charge on any atom is 0.200 e. The minimum absolute atomic E-state index is 0.199. The van der Waals surface area contributed by atoms with Crippen molar-refractivity contribution in [2.75, 3.05) is 0 Å². The van der Waals surface area contributed by atoms with Crippen LogP contribution >= 0.6 is 0 Å². The van der Waals surface area contributed by atoms with Gasteiger partial charge in [0.25, 0.3) is 0 Å². The van der Waals surface area contributed by atoms with Crippen LogP contribution in [0.3, 0.4) is 0 Å². The van der Waals surface area contributed by atoms with Gasteiger partial charge in [0.1, 0.15) is 17.5 Å². The van der Waals surface area contributed by atoms with Crippen LogP contribution in [0.5, 0.6) is 0 Å². The second kappa shape index (κ2) is 7.43. The van der Waals surface area contributed by atoms with E-state index < -0.39 is 46.0 Å². The lowest BCUT2D eigenvalue weighted by molar-refractivity contribution is 0.0741. The lowest BCUT2D eigenvalue weighted by atomic mass is 9.96. The van der Waals surface area contributed by atoms with E-state index in [4.69, 9.17) is 0 Å². The molecule has 4 rings (SSSR count). The van der Waals surface area contributed by atoms with Gasteiger partial charge in [0.15, 0.2) is 17.4 Å². The first-order valence-electron chi connectivity index (χ1n) is 9.31. The summed E-state index contributed by atoms with van der Waals surface area (Å²) in [5.41, 5.74) is -4.21. The first-order chi connectivity index (χ1) is 15.0. The maximum atomic E-state index is 15.5. The van der Waals surface area contributed by atoms with E-state index in [9.17, 15) is 27.9 Å². The highest BCUT2D eigenvalue weighted by atomic mass is 19.1. The van der Waals surface area contributed by atoms with Crippen LogP contribution in [0, 0.1) is 40.5 Å². The molecule has 0 spiro atoms. The third-order valence-corrected chi connectivity index (χ3v) is 5.07. The van der Waals surface area contributed by atoms with Crippen molar-refractivity contribution in [2.45, 2.75) is 19.4 Å². The van der Waals surface area contributed by atoms with Gasteiger partial charge in [-0.2, -0.15) is 9.65 Å². The number of halogens is 5. The summed E-state index contributed by atoms with van der Waals surface area (Å²) in [6.45, 7) is 2.54. The van der Waals surface area contributed by atoms with Crippen LogP contribution in [0.4, 0.5) is 22.0 Å². The molecular weight excluding hydrogens is 429 g/mol. The Morgan fingerprint density at radius 2 is 1.66 bits per heavy atom. The molecule has 4 nitrogen and oxygen atoms in total. The van der Waals surface area contributed by atoms with Gasteiger partial charge in [-0.3, -0.25) is 4.40 Å². The van der Waals surface area contributed by atoms with Gasteiger partial charge in [0, 0.05) is 22.8 Å². The molecule has 9 heteroatoms. The molecule has 4 aromatic rings. The fraction of sp³-hybridized carbons (Fsp3) is 0.130. The van der Waals surface area contributed by atoms with Crippen molar-refractivity contribution in [3.05, 3.63) is 82.9 Å². The predicted molar refractivity (Wildman–Crippen MR) is 106 cm³/mol. The van der Waals surface area contributed by atoms with Crippen molar-refractivity contribution in [1.82, 2.24) is 9.38 Å². The van der Waals surface area contributed by atoms with Gasteiger partial charge in [0.2, 0.25) is 0 Å². The second-order valence-electron chi connectivity index (χ2n) is 7.64. The fourth-order valence-corrected chi connectivity index (χ4v) is 3.55. The van der Waals surface area contributed by atoms with E-state index in [2.05, 4.69) is 4.98 Å². The van der Waals surface area contributed by atoms with Crippen molar-refractivity contribution < 1.29 is 27.1 Å². The molecule has 162 valence electrons. The predicted octanol–water partition coefficient (Wildman–Crippen LogP) is 5.46. The van der Waals surface area contributed by atoms with Crippen molar-refractivity contribution in [3.8, 4) is 28.5 Å². The number of aliphatic hydroxyl groups is 1. The topological polar surface area (TPSA) is 61.3 Å². The van der Waals surface area contributed by atoms with E-state index in [1.54, 1.807) is 6.07 Å². The van der Waals surface area contributed by atoms with Crippen LogP contribution in [-0.4, -0.2) is 14.5 Å². The first-order valence-corrected chi connectivity index (χ1v) is 9.31. The number of benzene rings is 2. The highest BCUT2D eigenvalue weighted by Crippen LogP contribution is 2.36. The van der Waals surface area contributed by atoms with Gasteiger partial charge in [-0.25, -0.2) is 22.5 Å². The summed E-state index contributed by atoms with van der Waals surface area (Å²) in [6, 6.07) is 7.22. The number of nitriles is 1. The van der Waals surface area contributed by atoms with E-state index in [1.807, 2.05) is 0 Å². The number of aromatic nitrogens is 2. The average Bonchev–Trinajstić information content (AvgIpc) is 3.16. The lowest BCUT2D eigenvalue weighted by Crippen LogP contribution is -2.19. The van der Waals surface area contributed by atoms with Crippen LogP contribution < -0.4 is 0 Å². The minimum Gasteiger partial charge on any atom is -0.386 e. The van der Waals surface area contributed by atoms with Gasteiger partial charge in [-0.15, -0.1) is 0 Å². The third kappa shape index (κ3) is 3.29. The van der Waals surface area contributed by atoms with Crippen molar-refractivity contribution >= 4 is 5.65 Å². The number of imidazole rings is 1. The lowest BCUT2D eigenvalue weighted by Gasteiger charge is -2.19. The highest BCUT2D eigenvalue weighted by Gasteiger charge is 2.28. The quantitative estimate of drug-likeness (QED) is 0.338. The highest BCUT2D eigenvalue weighted by molar-refractivity contribution is 5.77. The Kier molecular flexibility index (Phi) is 4.98. The third-order valence-electron chi connectivity index (χ3n) is 5.07. The Labute approximate surface area is 178 Å². The molecule has 32 heavy (non-hydrogen) atoms. The van der Waals surface area contributed by atoms with E-state index >= 15 is 4.39 Å². The Morgan fingerprint density at radius 3 is 2.31 bits per heavy atom. The van der Waals surface area contributed by atoms with Gasteiger partial charge in [-0.05, 0) is 44.2 Å². The summed E-state index contributed by atoms with van der Waals surface area (Å²) in [6.07, 6.45) is 1.01. The molecule has 0 bridgehead atoms. The number of hydrogen-bond donors (Lipinski definition) is 1. The summed E-state index contributed by atoms with van der Waals surface area (Å²) in [7, 11) is 0. The summed E-state index contributed by atoms with van der Waals surface area (Å²) in [5.74, 6) is -4.99. The van der Waals surface area contributed by atoms with Crippen LogP contribution in [0.15, 0.2) is 42.6 Å². The average molecular weight is 443 g/mol. The Hall–Kier alpha value is -3.77. The monoisotopic (exact) mass is 443 g/mol. The smallest absolute Gasteiger partial charge is 0.200 e. The Balaban J connectivity index is 2.00. The van der Waals surface area contributed by atoms with Gasteiger partial charge in [-0.1, -0.05) is 0 Å². The van der Waals surface area contributed by atoms with Crippen molar-refractivity contribution in [3.63, 3.8) is 0 Å². The Bertz CT molecular complexity index is 1430. The molecule has 0 aliphatic rings. The molecule has 2 aromatic carbocycles. The van der Waals surface area contributed by atoms with E-state index in [0.717, 1.165) is 42.6 Å². The summed E-state index contributed by atoms with van der Waals surface area (Å²) in [4.78, 5) is 3.82. The number of hydrogen-bond acceptors (Lipinski definition) is 3. The van der Waals surface area contributed by atoms with Gasteiger partial charge in [0.05, 0.1) is 34.7 Å². The van der Waals surface area contributed by atoms with Gasteiger partial charge >= 0.3 is 0 Å². The summed E-state index contributed by atoms with van der Waals surface area (Å²) >= 11 is 0. The zero-order chi connectivity index (χ0) is 23.4. The Morgan fingerprint density at radius 1 is 0.969 bits per heavy atom. The molecule has 0 fully saturated rings. The number of nitrogens with zero attached hydrogens (tertiary/aromatic N) is 3. The molecule has 0 unspecified atom stereocenters. The molecule has 2 heterocycles. The molecule has 0 aliphatic carbocycles. The molecule has 0 aliphatic heterocycles. The zero-order valence-electron chi connectivity index (χ0n) is 16.7. The van der Waals surface area contributed by atoms with E-state index in [-0.39, 0.29) is 27.9 Å². The standard InChI is InChI=1S/C23H14F5N3O/c1-23(2,32)15-8-18(26)31-17(10-30-22(31)21(15)28)14-5-6-16(25)19(20(14)27)13-4-3-12(24)7-11(13)9-29/h3-8,10,32H,1-2H3. The largest absolute Gasteiger partial charge is 0.386 e. The molecule has 0 radical (unpaired) electrons. The first kappa shape index (κ1) is 21.5. The molecule has 0 saturated carbocycles.